The van der Waals surface area contributed by atoms with Gasteiger partial charge in [-0.25, -0.2) is 0 Å². The van der Waals surface area contributed by atoms with Crippen LogP contribution in [0.3, 0.4) is 0 Å². The minimum atomic E-state index is 0.470. The van der Waals surface area contributed by atoms with Gasteiger partial charge in [-0.15, -0.1) is 5.10 Å². The molecule has 0 aliphatic rings. The first-order chi connectivity index (χ1) is 15.4. The molecule has 0 N–H and O–H groups in total. The van der Waals surface area contributed by atoms with E-state index in [4.69, 9.17) is 4.42 Å². The van der Waals surface area contributed by atoms with Crippen molar-refractivity contribution in [2.75, 3.05) is 0 Å². The minimum absolute atomic E-state index is 0.470. The van der Waals surface area contributed by atoms with E-state index in [-0.39, 0.29) is 0 Å². The van der Waals surface area contributed by atoms with Crippen molar-refractivity contribution in [2.45, 2.75) is 0 Å². The maximum atomic E-state index is 5.60. The van der Waals surface area contributed by atoms with Gasteiger partial charge in [0.2, 0.25) is 6.39 Å². The van der Waals surface area contributed by atoms with Crippen LogP contribution in [0.2, 0.25) is 0 Å². The summed E-state index contributed by atoms with van der Waals surface area (Å²) in [5, 5.41) is 12.8. The van der Waals surface area contributed by atoms with E-state index in [1.165, 1.54) is 28.2 Å². The Hall–Kier alpha value is -4.38. The first-order valence-electron chi connectivity index (χ1n) is 10.2. The Kier molecular flexibility index (Phi) is 3.21. The fraction of sp³-hybridized carbons (Fsp3) is 0. The molecular weight excluding hydrogens is 384 g/mol. The van der Waals surface area contributed by atoms with Crippen molar-refractivity contribution < 1.29 is 4.42 Å². The lowest BCUT2D eigenvalue weighted by Gasteiger charge is -2.07. The second kappa shape index (κ2) is 6.06. The van der Waals surface area contributed by atoms with Crippen LogP contribution in [0.15, 0.2) is 102 Å². The number of hydrogen-bond donors (Lipinski definition) is 0. The summed E-state index contributed by atoms with van der Waals surface area (Å²) in [4.78, 5) is 0. The Morgan fingerprint density at radius 2 is 1.13 bits per heavy atom. The highest BCUT2D eigenvalue weighted by atomic mass is 16.4. The Morgan fingerprint density at radius 3 is 1.77 bits per heavy atom. The summed E-state index contributed by atoms with van der Waals surface area (Å²) in [6.07, 6.45) is 1.37. The zero-order chi connectivity index (χ0) is 20.4. The summed E-state index contributed by atoms with van der Waals surface area (Å²) in [6, 6.07) is 32.4. The summed E-state index contributed by atoms with van der Waals surface area (Å²) >= 11 is 0. The number of nitrogens with zero attached hydrogens (tertiary/aromatic N) is 4. The molecule has 7 rings (SSSR count). The molecule has 0 fully saturated rings. The topological polar surface area (TPSA) is 48.8 Å². The summed E-state index contributed by atoms with van der Waals surface area (Å²) in [7, 11) is 0. The third kappa shape index (κ3) is 2.20. The van der Waals surface area contributed by atoms with Gasteiger partial charge in [0.25, 0.3) is 0 Å². The zero-order valence-electron chi connectivity index (χ0n) is 16.4. The van der Waals surface area contributed by atoms with Crippen LogP contribution in [0.5, 0.6) is 0 Å². The lowest BCUT2D eigenvalue weighted by atomic mass is 10.1. The summed E-state index contributed by atoms with van der Waals surface area (Å²) in [6.45, 7) is 0. The highest BCUT2D eigenvalue weighted by Crippen LogP contribution is 2.39. The normalized spacial score (nSPS) is 11.9. The van der Waals surface area contributed by atoms with E-state index in [1.807, 2.05) is 16.7 Å². The quantitative estimate of drug-likeness (QED) is 0.344. The van der Waals surface area contributed by atoms with Crippen molar-refractivity contribution in [1.29, 1.82) is 0 Å². The summed E-state index contributed by atoms with van der Waals surface area (Å²) in [5.74, 6) is 0. The predicted octanol–water partition coefficient (Wildman–Crippen LogP) is 6.26. The van der Waals surface area contributed by atoms with Gasteiger partial charge in [0.15, 0.2) is 0 Å². The third-order valence-corrected chi connectivity index (χ3v) is 6.02. The number of fused-ring (bicyclic) bond motifs is 6. The molecule has 3 heterocycles. The summed E-state index contributed by atoms with van der Waals surface area (Å²) in [5.41, 5.74) is 5.60. The highest BCUT2D eigenvalue weighted by molar-refractivity contribution is 6.18. The van der Waals surface area contributed by atoms with Crippen LogP contribution in [-0.2, 0) is 0 Å². The number of hydrogen-bond acceptors (Lipinski definition) is 3. The summed E-state index contributed by atoms with van der Waals surface area (Å²) < 4.78 is 9.99. The molecule has 0 unspecified atom stereocenters. The van der Waals surface area contributed by atoms with Crippen LogP contribution in [0.4, 0.5) is 0 Å². The molecule has 0 saturated carbocycles. The zero-order valence-corrected chi connectivity index (χ0v) is 16.4. The lowest BCUT2D eigenvalue weighted by molar-refractivity contribution is 0.532. The SMILES string of the molecule is c1ccc(-n2c3ccccc3c3cc4c(cc32)c2ccccc2n4-c2nnco2)cc1. The fourth-order valence-electron chi connectivity index (χ4n) is 4.76. The lowest BCUT2D eigenvalue weighted by Crippen LogP contribution is -1.94. The van der Waals surface area contributed by atoms with E-state index in [9.17, 15) is 0 Å². The molecule has 4 aromatic carbocycles. The first-order valence-corrected chi connectivity index (χ1v) is 10.2. The van der Waals surface area contributed by atoms with Gasteiger partial charge in [-0.3, -0.25) is 4.57 Å². The molecule has 0 spiro atoms. The molecule has 0 saturated heterocycles. The molecule has 31 heavy (non-hydrogen) atoms. The molecule has 0 bridgehead atoms. The molecule has 5 nitrogen and oxygen atoms in total. The molecular formula is C26H16N4O. The minimum Gasteiger partial charge on any atom is -0.410 e. The van der Waals surface area contributed by atoms with Crippen molar-refractivity contribution in [2.24, 2.45) is 0 Å². The predicted molar refractivity (Wildman–Crippen MR) is 123 cm³/mol. The number of para-hydroxylation sites is 3. The van der Waals surface area contributed by atoms with Gasteiger partial charge in [0.05, 0.1) is 22.1 Å². The fourth-order valence-corrected chi connectivity index (χ4v) is 4.76. The van der Waals surface area contributed by atoms with Crippen LogP contribution in [-0.4, -0.2) is 19.3 Å². The van der Waals surface area contributed by atoms with Gasteiger partial charge >= 0.3 is 6.01 Å². The van der Waals surface area contributed by atoms with E-state index in [2.05, 4.69) is 93.6 Å². The van der Waals surface area contributed by atoms with E-state index in [1.54, 1.807) is 0 Å². The van der Waals surface area contributed by atoms with Crippen LogP contribution in [0.25, 0.3) is 55.3 Å². The second-order valence-electron chi connectivity index (χ2n) is 7.65. The van der Waals surface area contributed by atoms with Gasteiger partial charge in [-0.05, 0) is 36.4 Å². The van der Waals surface area contributed by atoms with Crippen molar-refractivity contribution in [3.8, 4) is 11.7 Å². The van der Waals surface area contributed by atoms with Gasteiger partial charge in [-0.2, -0.15) is 0 Å². The largest absolute Gasteiger partial charge is 0.410 e. The van der Waals surface area contributed by atoms with Crippen molar-refractivity contribution in [3.63, 3.8) is 0 Å². The van der Waals surface area contributed by atoms with E-state index < -0.39 is 0 Å². The highest BCUT2D eigenvalue weighted by Gasteiger charge is 2.19. The van der Waals surface area contributed by atoms with Gasteiger partial charge < -0.3 is 8.98 Å². The van der Waals surface area contributed by atoms with Crippen LogP contribution in [0, 0.1) is 0 Å². The molecule has 0 atom stereocenters. The average Bonchev–Trinajstić information content (AvgIpc) is 3.53. The van der Waals surface area contributed by atoms with Gasteiger partial charge in [0, 0.05) is 27.2 Å². The first kappa shape index (κ1) is 16.4. The second-order valence-corrected chi connectivity index (χ2v) is 7.65. The van der Waals surface area contributed by atoms with Crippen molar-refractivity contribution >= 4 is 43.6 Å². The molecule has 0 aliphatic heterocycles. The molecule has 0 amide bonds. The van der Waals surface area contributed by atoms with Crippen LogP contribution >= 0.6 is 0 Å². The molecule has 3 aromatic heterocycles. The van der Waals surface area contributed by atoms with E-state index in [0.29, 0.717) is 6.01 Å². The van der Waals surface area contributed by atoms with Crippen molar-refractivity contribution in [3.05, 3.63) is 97.4 Å². The molecule has 0 radical (unpaired) electrons. The molecule has 0 aliphatic carbocycles. The monoisotopic (exact) mass is 400 g/mol. The number of rotatable bonds is 2. The third-order valence-electron chi connectivity index (χ3n) is 6.02. The van der Waals surface area contributed by atoms with Gasteiger partial charge in [0.1, 0.15) is 0 Å². The number of aromatic nitrogens is 4. The standard InChI is InChI=1S/C26H16N4O/c1-2-8-17(9-3-1)29-22-12-6-4-10-18(22)20-15-25-21(14-24(20)29)19-11-5-7-13-23(19)30(25)26-28-27-16-31-26/h1-16H. The Bertz CT molecular complexity index is 1720. The average molecular weight is 400 g/mol. The molecule has 7 aromatic rings. The molecule has 146 valence electrons. The van der Waals surface area contributed by atoms with Crippen molar-refractivity contribution in [1.82, 2.24) is 19.3 Å². The maximum absolute atomic E-state index is 5.60. The molecule has 5 heteroatoms. The van der Waals surface area contributed by atoms with Gasteiger partial charge in [-0.1, -0.05) is 59.7 Å². The Labute approximate surface area is 176 Å². The van der Waals surface area contributed by atoms with E-state index in [0.717, 1.165) is 27.5 Å². The van der Waals surface area contributed by atoms with Crippen LogP contribution in [0.1, 0.15) is 0 Å². The smallest absolute Gasteiger partial charge is 0.327 e. The number of benzene rings is 4. The van der Waals surface area contributed by atoms with E-state index >= 15 is 0 Å². The van der Waals surface area contributed by atoms with Crippen LogP contribution < -0.4 is 0 Å². The Balaban J connectivity index is 1.72. The maximum Gasteiger partial charge on any atom is 0.327 e. The Morgan fingerprint density at radius 1 is 0.548 bits per heavy atom.